The molecule has 1 N–H and O–H groups in total. The molecule has 0 aliphatic heterocycles. The summed E-state index contributed by atoms with van der Waals surface area (Å²) in [4.78, 5) is 24.9. The number of carboxylic acids is 1. The average Bonchev–Trinajstić information content (AvgIpc) is 3.64. The maximum Gasteiger partial charge on any atom is 0.315 e. The number of hydrogen-bond acceptors (Lipinski definition) is 3. The van der Waals surface area contributed by atoms with Crippen LogP contribution in [0.3, 0.4) is 0 Å². The third-order valence-electron chi connectivity index (χ3n) is 11.9. The second-order valence-electron chi connectivity index (χ2n) is 15.2. The first-order valence-electron chi connectivity index (χ1n) is 17.8. The van der Waals surface area contributed by atoms with E-state index in [2.05, 4.69) is 24.3 Å². The lowest BCUT2D eigenvalue weighted by Gasteiger charge is -2.57. The van der Waals surface area contributed by atoms with Gasteiger partial charge in [-0.05, 0) is 132 Å². The predicted molar refractivity (Wildman–Crippen MR) is 170 cm³/mol. The minimum absolute atomic E-state index is 0.0562. The van der Waals surface area contributed by atoms with Gasteiger partial charge < -0.3 is 9.84 Å². The predicted octanol–water partition coefficient (Wildman–Crippen LogP) is 10.1. The van der Waals surface area contributed by atoms with Crippen LogP contribution in [0.1, 0.15) is 148 Å². The van der Waals surface area contributed by atoms with E-state index in [9.17, 15) is 14.7 Å². The van der Waals surface area contributed by atoms with Crippen LogP contribution in [0.2, 0.25) is 0 Å². The van der Waals surface area contributed by atoms with Crippen LogP contribution in [0, 0.1) is 34.0 Å². The van der Waals surface area contributed by atoms with Gasteiger partial charge in [-0.2, -0.15) is 0 Å². The summed E-state index contributed by atoms with van der Waals surface area (Å²) in [6, 6.07) is 0. The number of ether oxygens (including phenoxy) is 1. The van der Waals surface area contributed by atoms with Crippen LogP contribution in [-0.2, 0) is 14.3 Å². The fourth-order valence-corrected chi connectivity index (χ4v) is 9.89. The Morgan fingerprint density at radius 3 is 1.69 bits per heavy atom. The van der Waals surface area contributed by atoms with Crippen LogP contribution >= 0.6 is 0 Å². The molecule has 2 atom stereocenters. The van der Waals surface area contributed by atoms with E-state index < -0.39 is 11.4 Å². The third-order valence-corrected chi connectivity index (χ3v) is 11.9. The molecule has 0 radical (unpaired) electrons. The molecule has 0 saturated heterocycles. The minimum atomic E-state index is -0.644. The lowest BCUT2D eigenvalue weighted by molar-refractivity contribution is -0.156. The van der Waals surface area contributed by atoms with Gasteiger partial charge in [0.25, 0.3) is 0 Å². The molecule has 2 unspecified atom stereocenters. The molecule has 0 aromatic heterocycles. The SMILES string of the molecule is O=C(O)C1(CCCCCC/C=C\CCCCCCC2(C(=O)OCCC34CC5CC(CC(C5)C3)C4)C=CCC2)C=CCC1. The maximum absolute atomic E-state index is 13.3. The molecule has 4 heteroatoms. The molecule has 4 bridgehead atoms. The average molecular weight is 579 g/mol. The zero-order valence-electron chi connectivity index (χ0n) is 26.3. The molecule has 234 valence electrons. The molecule has 0 spiro atoms. The van der Waals surface area contributed by atoms with E-state index in [1.54, 1.807) is 0 Å². The maximum atomic E-state index is 13.3. The number of esters is 1. The smallest absolute Gasteiger partial charge is 0.315 e. The van der Waals surface area contributed by atoms with Gasteiger partial charge in [-0.25, -0.2) is 0 Å². The van der Waals surface area contributed by atoms with Crippen LogP contribution in [-0.4, -0.2) is 23.7 Å². The Kier molecular flexibility index (Phi) is 11.1. The van der Waals surface area contributed by atoms with E-state index in [1.165, 1.54) is 70.6 Å². The Labute approximate surface area is 255 Å². The van der Waals surface area contributed by atoms with Gasteiger partial charge in [0, 0.05) is 0 Å². The Hall–Kier alpha value is -1.84. The lowest BCUT2D eigenvalue weighted by atomic mass is 9.49. The minimum Gasteiger partial charge on any atom is -0.481 e. The first-order chi connectivity index (χ1) is 20.4. The zero-order chi connectivity index (χ0) is 29.3. The van der Waals surface area contributed by atoms with E-state index in [0.717, 1.165) is 94.8 Å². The van der Waals surface area contributed by atoms with Crippen LogP contribution in [0.4, 0.5) is 0 Å². The Bertz CT molecular complexity index is 956. The Morgan fingerprint density at radius 2 is 1.19 bits per heavy atom. The van der Waals surface area contributed by atoms with Crippen LogP contribution in [0.15, 0.2) is 36.5 Å². The molecule has 4 saturated carbocycles. The Balaban J connectivity index is 0.884. The molecule has 0 aromatic rings. The van der Waals surface area contributed by atoms with Gasteiger partial charge >= 0.3 is 11.9 Å². The van der Waals surface area contributed by atoms with Crippen molar-refractivity contribution < 1.29 is 19.4 Å². The number of unbranched alkanes of at least 4 members (excludes halogenated alkanes) is 8. The number of carbonyl (C=O) groups excluding carboxylic acids is 1. The monoisotopic (exact) mass is 578 g/mol. The lowest BCUT2D eigenvalue weighted by Crippen LogP contribution is -2.46. The van der Waals surface area contributed by atoms with Gasteiger partial charge in [-0.3, -0.25) is 9.59 Å². The molecule has 0 aromatic carbocycles. The Morgan fingerprint density at radius 1 is 0.690 bits per heavy atom. The van der Waals surface area contributed by atoms with Crippen LogP contribution in [0.25, 0.3) is 0 Å². The summed E-state index contributed by atoms with van der Waals surface area (Å²) in [5, 5.41) is 9.55. The number of carbonyl (C=O) groups is 2. The normalized spacial score (nSPS) is 34.6. The molecule has 6 aliphatic carbocycles. The standard InChI is InChI=1S/C38H58O4/c39-34(40)37(18-13-14-19-37)17-11-9-7-5-3-1-2-4-6-8-10-12-20-38(21-15-16-22-38)35(41)42-24-23-36-28-31-25-32(29-36)27-33(26-31)30-36/h1-2,13,15,18,21,31-33H,3-12,14,16-17,19-20,22-30H2,(H,39,40)/b2-1-. The van der Waals surface area contributed by atoms with Crippen molar-refractivity contribution in [2.75, 3.05) is 6.61 Å². The molecule has 4 nitrogen and oxygen atoms in total. The highest BCUT2D eigenvalue weighted by Crippen LogP contribution is 2.61. The highest BCUT2D eigenvalue weighted by Gasteiger charge is 2.50. The number of aliphatic carboxylic acids is 1. The molecule has 42 heavy (non-hydrogen) atoms. The number of carboxylic acid groups (broad SMARTS) is 1. The molecule has 6 rings (SSSR count). The fraction of sp³-hybridized carbons (Fsp3) is 0.789. The van der Waals surface area contributed by atoms with E-state index in [0.29, 0.717) is 12.0 Å². The molecular weight excluding hydrogens is 520 g/mol. The highest BCUT2D eigenvalue weighted by molar-refractivity contribution is 5.79. The van der Waals surface area contributed by atoms with Gasteiger partial charge in [-0.1, -0.05) is 75.0 Å². The van der Waals surface area contributed by atoms with Crippen molar-refractivity contribution >= 4 is 11.9 Å². The van der Waals surface area contributed by atoms with E-state index >= 15 is 0 Å². The van der Waals surface area contributed by atoms with Crippen molar-refractivity contribution in [1.29, 1.82) is 0 Å². The second kappa shape index (κ2) is 14.8. The van der Waals surface area contributed by atoms with E-state index in [-0.39, 0.29) is 11.4 Å². The topological polar surface area (TPSA) is 63.6 Å². The third kappa shape index (κ3) is 8.00. The van der Waals surface area contributed by atoms with Crippen LogP contribution < -0.4 is 0 Å². The number of hydrogen-bond donors (Lipinski definition) is 1. The first kappa shape index (κ1) is 31.6. The van der Waals surface area contributed by atoms with Gasteiger partial charge in [0.15, 0.2) is 0 Å². The van der Waals surface area contributed by atoms with Crippen molar-refractivity contribution in [2.45, 2.75) is 148 Å². The fourth-order valence-electron chi connectivity index (χ4n) is 9.89. The van der Waals surface area contributed by atoms with Crippen molar-refractivity contribution in [3.05, 3.63) is 36.5 Å². The summed E-state index contributed by atoms with van der Waals surface area (Å²) < 4.78 is 6.04. The van der Waals surface area contributed by atoms with E-state index in [1.807, 2.05) is 12.2 Å². The zero-order valence-corrected chi connectivity index (χ0v) is 26.3. The molecule has 4 fully saturated rings. The summed E-state index contributed by atoms with van der Waals surface area (Å²) in [5.74, 6) is 2.29. The molecule has 6 aliphatic rings. The largest absolute Gasteiger partial charge is 0.481 e. The van der Waals surface area contributed by atoms with Crippen LogP contribution in [0.5, 0.6) is 0 Å². The highest BCUT2D eigenvalue weighted by atomic mass is 16.5. The molecule has 0 amide bonds. The summed E-state index contributed by atoms with van der Waals surface area (Å²) in [6.07, 6.45) is 39.6. The van der Waals surface area contributed by atoms with E-state index in [4.69, 9.17) is 4.74 Å². The molecule has 0 heterocycles. The van der Waals surface area contributed by atoms with Gasteiger partial charge in [-0.15, -0.1) is 0 Å². The number of rotatable bonds is 19. The van der Waals surface area contributed by atoms with Crippen molar-refractivity contribution in [3.8, 4) is 0 Å². The van der Waals surface area contributed by atoms with Gasteiger partial charge in [0.1, 0.15) is 0 Å². The summed E-state index contributed by atoms with van der Waals surface area (Å²) in [6.45, 7) is 0.635. The van der Waals surface area contributed by atoms with Crippen molar-refractivity contribution in [2.24, 2.45) is 34.0 Å². The summed E-state index contributed by atoms with van der Waals surface area (Å²) in [5.41, 5.74) is -0.448. The van der Waals surface area contributed by atoms with Crippen molar-refractivity contribution in [1.82, 2.24) is 0 Å². The van der Waals surface area contributed by atoms with Crippen molar-refractivity contribution in [3.63, 3.8) is 0 Å². The molecular formula is C38H58O4. The summed E-state index contributed by atoms with van der Waals surface area (Å²) >= 11 is 0. The first-order valence-corrected chi connectivity index (χ1v) is 17.8. The quantitative estimate of drug-likeness (QED) is 0.0941. The second-order valence-corrected chi connectivity index (χ2v) is 15.2. The van der Waals surface area contributed by atoms with Gasteiger partial charge in [0.05, 0.1) is 17.4 Å². The number of allylic oxidation sites excluding steroid dienone is 4. The van der Waals surface area contributed by atoms with Gasteiger partial charge in [0.2, 0.25) is 0 Å². The summed E-state index contributed by atoms with van der Waals surface area (Å²) in [7, 11) is 0.